The van der Waals surface area contributed by atoms with Gasteiger partial charge in [0.2, 0.25) is 0 Å². The zero-order valence-corrected chi connectivity index (χ0v) is 18.0. The zero-order chi connectivity index (χ0) is 20.9. The highest BCUT2D eigenvalue weighted by Crippen LogP contribution is 2.61. The van der Waals surface area contributed by atoms with E-state index in [1.54, 1.807) is 0 Å². The molecule has 0 aromatic heterocycles. The zero-order valence-electron chi connectivity index (χ0n) is 16.3. The molecule has 0 radical (unpaired) electrons. The van der Waals surface area contributed by atoms with Crippen molar-refractivity contribution in [1.29, 1.82) is 0 Å². The Labute approximate surface area is 178 Å². The molecule has 4 rings (SSSR count). The summed E-state index contributed by atoms with van der Waals surface area (Å²) in [5.74, 6) is 0. The van der Waals surface area contributed by atoms with Crippen molar-refractivity contribution >= 4 is 32.1 Å². The van der Waals surface area contributed by atoms with Crippen LogP contribution in [0.3, 0.4) is 0 Å². The molecule has 0 N–H and O–H groups in total. The maximum absolute atomic E-state index is 14.1. The van der Waals surface area contributed by atoms with Gasteiger partial charge in [0.1, 0.15) is 15.9 Å². The lowest BCUT2D eigenvalue weighted by molar-refractivity contribution is 0.318. The summed E-state index contributed by atoms with van der Waals surface area (Å²) in [6.07, 6.45) is 0. The predicted molar refractivity (Wildman–Crippen MR) is 125 cm³/mol. The second-order valence-electron chi connectivity index (χ2n) is 6.79. The minimum Gasteiger partial charge on any atom is -0.236 e. The van der Waals surface area contributed by atoms with E-state index in [1.165, 1.54) is 0 Å². The monoisotopic (exact) mass is 433 g/mol. The van der Waals surface area contributed by atoms with Crippen LogP contribution in [0.15, 0.2) is 121 Å². The van der Waals surface area contributed by atoms with Crippen LogP contribution in [-0.4, -0.2) is 8.42 Å². The fourth-order valence-electron chi connectivity index (χ4n) is 3.54. The van der Waals surface area contributed by atoms with Gasteiger partial charge in [-0.25, -0.2) is 4.18 Å². The van der Waals surface area contributed by atoms with Crippen LogP contribution in [0.25, 0.3) is 0 Å². The fraction of sp³-hybridized carbons (Fsp3) is 0.0400. The summed E-state index contributed by atoms with van der Waals surface area (Å²) in [6.45, 7) is -3.15. The van der Waals surface area contributed by atoms with E-state index in [0.29, 0.717) is 0 Å². The topological polar surface area (TPSA) is 43.4 Å². The van der Waals surface area contributed by atoms with Gasteiger partial charge in [-0.1, -0.05) is 84.9 Å². The molecule has 3 nitrogen and oxygen atoms in total. The molecular formula is C25H22O3PS+. The quantitative estimate of drug-likeness (QED) is 0.405. The third-order valence-electron chi connectivity index (χ3n) is 4.91. The summed E-state index contributed by atoms with van der Waals surface area (Å²) in [4.78, 5) is 0. The van der Waals surface area contributed by atoms with E-state index in [2.05, 4.69) is 0 Å². The van der Waals surface area contributed by atoms with Crippen molar-refractivity contribution in [1.82, 2.24) is 0 Å². The normalized spacial score (nSPS) is 11.9. The van der Waals surface area contributed by atoms with E-state index < -0.39 is 16.2 Å². The standard InChI is InChI=1S/C25H22O3PS/c26-30(27,28-21-22-13-5-1-6-14-22)29(23-15-7-2-8-16-23,24-17-9-3-10-18-24)25-19-11-4-12-20-25/h1-20H,21H2/q+1. The average Bonchev–Trinajstić information content (AvgIpc) is 2.81. The Morgan fingerprint density at radius 3 is 1.23 bits per heavy atom. The van der Waals surface area contributed by atoms with Gasteiger partial charge in [0, 0.05) is 0 Å². The summed E-state index contributed by atoms with van der Waals surface area (Å²) in [5.41, 5.74) is 0.813. The largest absolute Gasteiger partial charge is 0.398 e. The van der Waals surface area contributed by atoms with Crippen LogP contribution in [-0.2, 0) is 20.5 Å². The first-order valence-electron chi connectivity index (χ1n) is 9.64. The Hall–Kier alpha value is -2.78. The second kappa shape index (κ2) is 8.93. The summed E-state index contributed by atoms with van der Waals surface area (Å²) < 4.78 is 33.9. The van der Waals surface area contributed by atoms with Gasteiger partial charge in [0.05, 0.1) is 6.61 Å². The maximum atomic E-state index is 14.1. The summed E-state index contributed by atoms with van der Waals surface area (Å²) >= 11 is 0. The van der Waals surface area contributed by atoms with Crippen LogP contribution >= 0.6 is 6.46 Å². The molecule has 0 aliphatic rings. The van der Waals surface area contributed by atoms with Gasteiger partial charge in [-0.3, -0.25) is 0 Å². The first-order chi connectivity index (χ1) is 14.6. The molecule has 0 saturated carbocycles. The molecule has 0 amide bonds. The lowest BCUT2D eigenvalue weighted by Crippen LogP contribution is -2.37. The van der Waals surface area contributed by atoms with E-state index >= 15 is 0 Å². The Kier molecular flexibility index (Phi) is 6.10. The van der Waals surface area contributed by atoms with Crippen LogP contribution in [0.4, 0.5) is 0 Å². The van der Waals surface area contributed by atoms with E-state index in [-0.39, 0.29) is 6.61 Å². The molecule has 0 fully saturated rings. The summed E-state index contributed by atoms with van der Waals surface area (Å²) in [7, 11) is -4.03. The highest BCUT2D eigenvalue weighted by molar-refractivity contribution is 8.62. The van der Waals surface area contributed by atoms with E-state index in [9.17, 15) is 8.42 Å². The Bertz CT molecular complexity index is 1080. The lowest BCUT2D eigenvalue weighted by Gasteiger charge is -2.25. The molecule has 0 aliphatic carbocycles. The Balaban J connectivity index is 1.95. The number of hydrogen-bond acceptors (Lipinski definition) is 3. The van der Waals surface area contributed by atoms with Gasteiger partial charge >= 0.3 is 9.74 Å². The van der Waals surface area contributed by atoms with Crippen molar-refractivity contribution < 1.29 is 12.6 Å². The summed E-state index contributed by atoms with van der Waals surface area (Å²) in [6, 6.07) is 37.6. The van der Waals surface area contributed by atoms with Crippen LogP contribution in [0.5, 0.6) is 0 Å². The maximum Gasteiger partial charge on any atom is 0.398 e. The molecular weight excluding hydrogens is 411 g/mol. The van der Waals surface area contributed by atoms with Gasteiger partial charge < -0.3 is 0 Å². The van der Waals surface area contributed by atoms with Crippen LogP contribution in [0.1, 0.15) is 5.56 Å². The molecule has 0 heterocycles. The molecule has 0 atom stereocenters. The van der Waals surface area contributed by atoms with Crippen molar-refractivity contribution in [2.24, 2.45) is 0 Å². The van der Waals surface area contributed by atoms with Gasteiger partial charge in [-0.15, -0.1) is 0 Å². The third kappa shape index (κ3) is 3.82. The van der Waals surface area contributed by atoms with Crippen LogP contribution in [0, 0.1) is 0 Å². The second-order valence-corrected chi connectivity index (χ2v) is 13.6. The van der Waals surface area contributed by atoms with Gasteiger partial charge in [-0.2, -0.15) is 8.42 Å². The lowest BCUT2D eigenvalue weighted by atomic mass is 10.2. The number of benzene rings is 4. The van der Waals surface area contributed by atoms with Crippen molar-refractivity contribution in [2.75, 3.05) is 0 Å². The molecule has 4 aromatic rings. The van der Waals surface area contributed by atoms with E-state index in [0.717, 1.165) is 21.5 Å². The minimum absolute atomic E-state index is 0.00256. The highest BCUT2D eigenvalue weighted by Gasteiger charge is 2.59. The molecule has 150 valence electrons. The fourth-order valence-corrected chi connectivity index (χ4v) is 11.5. The third-order valence-corrected chi connectivity index (χ3v) is 13.3. The predicted octanol–water partition coefficient (Wildman–Crippen LogP) is 4.44. The molecule has 0 spiro atoms. The molecule has 0 bridgehead atoms. The van der Waals surface area contributed by atoms with Crippen molar-refractivity contribution in [2.45, 2.75) is 6.61 Å². The number of hydrogen-bond donors (Lipinski definition) is 0. The molecule has 5 heteroatoms. The SMILES string of the molecule is O=S(=O)(OCc1ccccc1)[P+](c1ccccc1)(c1ccccc1)c1ccccc1. The number of rotatable bonds is 7. The van der Waals surface area contributed by atoms with E-state index in [4.69, 9.17) is 4.18 Å². The van der Waals surface area contributed by atoms with E-state index in [1.807, 2.05) is 121 Å². The highest BCUT2D eigenvalue weighted by atomic mass is 32.8. The van der Waals surface area contributed by atoms with Crippen LogP contribution < -0.4 is 15.9 Å². The van der Waals surface area contributed by atoms with Crippen molar-refractivity contribution in [3.63, 3.8) is 0 Å². The van der Waals surface area contributed by atoms with Gasteiger partial charge in [0.25, 0.3) is 6.46 Å². The van der Waals surface area contributed by atoms with Gasteiger partial charge in [-0.05, 0) is 42.0 Å². The molecule has 30 heavy (non-hydrogen) atoms. The smallest absolute Gasteiger partial charge is 0.236 e. The molecule has 0 unspecified atom stereocenters. The van der Waals surface area contributed by atoms with Crippen molar-refractivity contribution in [3.8, 4) is 0 Å². The Morgan fingerprint density at radius 1 is 0.533 bits per heavy atom. The molecule has 0 saturated heterocycles. The molecule has 0 aliphatic heterocycles. The minimum atomic E-state index is -4.03. The van der Waals surface area contributed by atoms with Crippen molar-refractivity contribution in [3.05, 3.63) is 127 Å². The summed E-state index contributed by atoms with van der Waals surface area (Å²) in [5, 5.41) is 2.24. The molecule has 4 aromatic carbocycles. The van der Waals surface area contributed by atoms with Crippen LogP contribution in [0.2, 0.25) is 0 Å². The van der Waals surface area contributed by atoms with Gasteiger partial charge in [0.15, 0.2) is 0 Å². The average molecular weight is 433 g/mol. The first kappa shape index (κ1) is 20.5. The first-order valence-corrected chi connectivity index (χ1v) is 13.4. The Morgan fingerprint density at radius 2 is 0.867 bits per heavy atom.